The molecule has 5 atom stereocenters. The third kappa shape index (κ3) is 3.87. The van der Waals surface area contributed by atoms with Gasteiger partial charge < -0.3 is 25.3 Å². The van der Waals surface area contributed by atoms with E-state index in [1.54, 1.807) is 18.7 Å². The number of likely N-dealkylation sites (tertiary alicyclic amines) is 1. The number of carbonyl (C=O) groups is 2. The van der Waals surface area contributed by atoms with Gasteiger partial charge in [0.2, 0.25) is 5.91 Å². The van der Waals surface area contributed by atoms with Crippen LogP contribution in [-0.2, 0) is 9.59 Å². The van der Waals surface area contributed by atoms with Crippen LogP contribution in [0.4, 0.5) is 0 Å². The first-order valence-corrected chi connectivity index (χ1v) is 11.8. The van der Waals surface area contributed by atoms with Crippen LogP contribution < -0.4 is 5.32 Å². The number of aliphatic carboxylic acids is 1. The van der Waals surface area contributed by atoms with Crippen LogP contribution in [0.1, 0.15) is 33.6 Å². The molecule has 0 aromatic rings. The molecule has 4 aliphatic heterocycles. The fourth-order valence-corrected chi connectivity index (χ4v) is 6.69. The number of fused-ring (bicyclic) bond motifs is 1. The number of β-lactam (4-membered cyclic amide) rings is 1. The van der Waals surface area contributed by atoms with Crippen molar-refractivity contribution in [2.75, 3.05) is 32.7 Å². The standard InChI is InChI=1S/C21H32N4O4S/c1-11-17-16(12(2)26)20(27)25(17)18(21(28)29)19(11)30-15-4-6-24(7-5-15)10-14-8-22-13(3)23-9-14/h11-12,14-17,26H,4-10H2,1-3H3,(H,22,23)(H,28,29)/t11-,12-,16-,17-/m1/s1. The lowest BCUT2D eigenvalue weighted by molar-refractivity contribution is -0.163. The highest BCUT2D eigenvalue weighted by Gasteiger charge is 2.60. The number of thioether (sulfide) groups is 1. The van der Waals surface area contributed by atoms with E-state index >= 15 is 0 Å². The molecule has 2 saturated heterocycles. The molecule has 8 nitrogen and oxygen atoms in total. The number of nitrogens with zero attached hydrogens (tertiary/aromatic N) is 3. The largest absolute Gasteiger partial charge is 0.477 e. The Kier molecular flexibility index (Phi) is 6.14. The summed E-state index contributed by atoms with van der Waals surface area (Å²) in [6.07, 6.45) is 1.26. The van der Waals surface area contributed by atoms with E-state index in [1.165, 1.54) is 4.90 Å². The fourth-order valence-electron chi connectivity index (χ4n) is 5.23. The molecule has 4 heterocycles. The second-order valence-electron chi connectivity index (χ2n) is 9.06. The first kappa shape index (κ1) is 21.6. The Bertz CT molecular complexity index is 775. The number of hydrogen-bond donors (Lipinski definition) is 3. The Balaban J connectivity index is 1.36. The number of rotatable bonds is 6. The van der Waals surface area contributed by atoms with Crippen LogP contribution in [0, 0.1) is 17.8 Å². The topological polar surface area (TPSA) is 105 Å². The second-order valence-corrected chi connectivity index (χ2v) is 10.4. The van der Waals surface area contributed by atoms with Crippen molar-refractivity contribution < 1.29 is 19.8 Å². The molecule has 0 aromatic carbocycles. The van der Waals surface area contributed by atoms with E-state index in [0.717, 1.165) is 56.3 Å². The molecule has 0 bridgehead atoms. The number of piperidine rings is 1. The Hall–Kier alpha value is -1.58. The zero-order valence-corrected chi connectivity index (χ0v) is 18.7. The summed E-state index contributed by atoms with van der Waals surface area (Å²) in [5, 5.41) is 23.5. The van der Waals surface area contributed by atoms with Gasteiger partial charge in [0.1, 0.15) is 5.70 Å². The lowest BCUT2D eigenvalue weighted by Crippen LogP contribution is -2.63. The molecule has 4 rings (SSSR count). The van der Waals surface area contributed by atoms with Crippen molar-refractivity contribution in [3.63, 3.8) is 0 Å². The van der Waals surface area contributed by atoms with Gasteiger partial charge >= 0.3 is 5.97 Å². The van der Waals surface area contributed by atoms with Crippen LogP contribution in [0.5, 0.6) is 0 Å². The van der Waals surface area contributed by atoms with Crippen molar-refractivity contribution in [1.29, 1.82) is 0 Å². The first-order chi connectivity index (χ1) is 14.3. The summed E-state index contributed by atoms with van der Waals surface area (Å²) in [4.78, 5) is 33.6. The minimum Gasteiger partial charge on any atom is -0.477 e. The van der Waals surface area contributed by atoms with Crippen molar-refractivity contribution in [3.05, 3.63) is 10.6 Å². The van der Waals surface area contributed by atoms with Gasteiger partial charge in [-0.2, -0.15) is 0 Å². The van der Waals surface area contributed by atoms with Crippen LogP contribution >= 0.6 is 11.8 Å². The number of aliphatic imine (C=N–C) groups is 1. The summed E-state index contributed by atoms with van der Waals surface area (Å²) >= 11 is 1.65. The van der Waals surface area contributed by atoms with E-state index in [-0.39, 0.29) is 23.6 Å². The number of aliphatic hydroxyl groups excluding tert-OH is 1. The summed E-state index contributed by atoms with van der Waals surface area (Å²) in [5.41, 5.74) is 0.142. The fraction of sp³-hybridized carbons (Fsp3) is 0.762. The summed E-state index contributed by atoms with van der Waals surface area (Å²) < 4.78 is 0. The van der Waals surface area contributed by atoms with E-state index in [0.29, 0.717) is 11.2 Å². The van der Waals surface area contributed by atoms with Gasteiger partial charge in [0.05, 0.1) is 23.9 Å². The van der Waals surface area contributed by atoms with E-state index in [4.69, 9.17) is 0 Å². The number of carboxylic acid groups (broad SMARTS) is 1. The van der Waals surface area contributed by atoms with Gasteiger partial charge in [-0.3, -0.25) is 9.79 Å². The average molecular weight is 437 g/mol. The van der Waals surface area contributed by atoms with Gasteiger partial charge in [0.25, 0.3) is 0 Å². The Morgan fingerprint density at radius 2 is 2.07 bits per heavy atom. The molecule has 0 aromatic heterocycles. The molecule has 2 fully saturated rings. The molecule has 1 amide bonds. The molecule has 1 unspecified atom stereocenters. The van der Waals surface area contributed by atoms with E-state index < -0.39 is 18.0 Å². The van der Waals surface area contributed by atoms with Gasteiger partial charge in [-0.25, -0.2) is 4.79 Å². The van der Waals surface area contributed by atoms with E-state index in [9.17, 15) is 19.8 Å². The van der Waals surface area contributed by atoms with Crippen molar-refractivity contribution in [2.24, 2.45) is 22.7 Å². The van der Waals surface area contributed by atoms with Gasteiger partial charge in [-0.1, -0.05) is 6.92 Å². The summed E-state index contributed by atoms with van der Waals surface area (Å²) in [6, 6.07) is -0.228. The average Bonchev–Trinajstić information content (AvgIpc) is 2.94. The van der Waals surface area contributed by atoms with Crippen LogP contribution in [-0.4, -0.2) is 87.8 Å². The van der Waals surface area contributed by atoms with Gasteiger partial charge in [-0.05, 0) is 39.8 Å². The molecule has 9 heteroatoms. The number of amides is 1. The number of aliphatic hydroxyl groups is 1. The number of carbonyl (C=O) groups excluding carboxylic acids is 1. The summed E-state index contributed by atoms with van der Waals surface area (Å²) in [6.45, 7) is 10.5. The Labute approximate surface area is 181 Å². The SMILES string of the molecule is CC1=NCC(CN2CCC(SC3=C(C(=O)O)N4C(=O)[C@H]([C@@H](C)O)[C@H]4[C@H]3C)CC2)CN1. The van der Waals surface area contributed by atoms with Crippen LogP contribution in [0.15, 0.2) is 15.6 Å². The van der Waals surface area contributed by atoms with Crippen molar-refractivity contribution >= 4 is 29.5 Å². The monoisotopic (exact) mass is 436 g/mol. The molecule has 0 saturated carbocycles. The summed E-state index contributed by atoms with van der Waals surface area (Å²) in [5.74, 6) is -0.280. The quantitative estimate of drug-likeness (QED) is 0.533. The molecule has 0 spiro atoms. The lowest BCUT2D eigenvalue weighted by Gasteiger charge is -2.46. The second kappa shape index (κ2) is 8.51. The zero-order chi connectivity index (χ0) is 21.6. The molecule has 3 N–H and O–H groups in total. The van der Waals surface area contributed by atoms with Gasteiger partial charge in [-0.15, -0.1) is 11.8 Å². The highest BCUT2D eigenvalue weighted by Crippen LogP contribution is 2.52. The molecule has 0 aliphatic carbocycles. The highest BCUT2D eigenvalue weighted by molar-refractivity contribution is 8.03. The predicted octanol–water partition coefficient (Wildman–Crippen LogP) is 0.976. The maximum Gasteiger partial charge on any atom is 0.353 e. The first-order valence-electron chi connectivity index (χ1n) is 10.9. The minimum atomic E-state index is -1.04. The predicted molar refractivity (Wildman–Crippen MR) is 116 cm³/mol. The Morgan fingerprint density at radius 1 is 1.37 bits per heavy atom. The highest BCUT2D eigenvalue weighted by atomic mass is 32.2. The van der Waals surface area contributed by atoms with Crippen LogP contribution in [0.3, 0.4) is 0 Å². The zero-order valence-electron chi connectivity index (χ0n) is 17.9. The number of hydrogen-bond acceptors (Lipinski definition) is 7. The number of nitrogens with one attached hydrogen (secondary N) is 1. The maximum absolute atomic E-state index is 12.5. The number of carboxylic acids is 1. The van der Waals surface area contributed by atoms with Crippen molar-refractivity contribution in [1.82, 2.24) is 15.1 Å². The van der Waals surface area contributed by atoms with Gasteiger partial charge in [0.15, 0.2) is 0 Å². The van der Waals surface area contributed by atoms with Gasteiger partial charge in [0, 0.05) is 41.6 Å². The molecule has 30 heavy (non-hydrogen) atoms. The molecular formula is C21H32N4O4S. The van der Waals surface area contributed by atoms with Crippen molar-refractivity contribution in [3.8, 4) is 0 Å². The normalized spacial score (nSPS) is 33.7. The molecular weight excluding hydrogens is 404 g/mol. The van der Waals surface area contributed by atoms with Crippen molar-refractivity contribution in [2.45, 2.75) is 51.0 Å². The van der Waals surface area contributed by atoms with Crippen LogP contribution in [0.25, 0.3) is 0 Å². The summed E-state index contributed by atoms with van der Waals surface area (Å²) in [7, 11) is 0. The maximum atomic E-state index is 12.5. The minimum absolute atomic E-state index is 0.0501. The third-order valence-corrected chi connectivity index (χ3v) is 8.51. The van der Waals surface area contributed by atoms with E-state index in [1.807, 2.05) is 13.8 Å². The smallest absolute Gasteiger partial charge is 0.353 e. The third-order valence-electron chi connectivity index (χ3n) is 6.89. The molecule has 4 aliphatic rings. The number of amidine groups is 1. The molecule has 166 valence electrons. The van der Waals surface area contributed by atoms with Crippen LogP contribution in [0.2, 0.25) is 0 Å². The Morgan fingerprint density at radius 3 is 2.63 bits per heavy atom. The molecule has 0 radical (unpaired) electrons. The lowest BCUT2D eigenvalue weighted by atomic mass is 9.79. The van der Waals surface area contributed by atoms with E-state index in [2.05, 4.69) is 15.2 Å².